The van der Waals surface area contributed by atoms with Crippen LogP contribution in [0.2, 0.25) is 0 Å². The molecule has 0 saturated carbocycles. The lowest BCUT2D eigenvalue weighted by molar-refractivity contribution is -0.137. The fourth-order valence-electron chi connectivity index (χ4n) is 3.16. The van der Waals surface area contributed by atoms with E-state index in [1.54, 1.807) is 10.7 Å². The van der Waals surface area contributed by atoms with E-state index in [1.165, 1.54) is 23.2 Å². The van der Waals surface area contributed by atoms with Gasteiger partial charge in [0.1, 0.15) is 0 Å². The topological polar surface area (TPSA) is 32.9 Å². The Morgan fingerprint density at radius 2 is 1.78 bits per heavy atom. The average Bonchev–Trinajstić information content (AvgIpc) is 2.97. The number of aryl methyl sites for hydroxylation is 1. The van der Waals surface area contributed by atoms with Crippen LogP contribution < -0.4 is 4.90 Å². The molecular weight excluding hydrogens is 360 g/mol. The molecule has 1 aliphatic rings. The van der Waals surface area contributed by atoms with Crippen LogP contribution in [0.5, 0.6) is 0 Å². The minimum Gasteiger partial charge on any atom is -0.318 e. The maximum Gasteiger partial charge on any atom is 0.416 e. The number of anilines is 1. The summed E-state index contributed by atoms with van der Waals surface area (Å²) in [6.45, 7) is 1.82. The summed E-state index contributed by atoms with van der Waals surface area (Å²) in [5, 5.41) is 4.43. The highest BCUT2D eigenvalue weighted by Gasteiger charge is 2.31. The number of rotatable bonds is 2. The van der Waals surface area contributed by atoms with E-state index >= 15 is 0 Å². The number of hydrogen-bond donors (Lipinski definition) is 0. The first-order valence-electron chi connectivity index (χ1n) is 8.14. The lowest BCUT2D eigenvalue weighted by atomic mass is 10.1. The second kappa shape index (κ2) is 6.22. The van der Waals surface area contributed by atoms with Gasteiger partial charge in [-0.25, -0.2) is 8.91 Å². The Morgan fingerprint density at radius 3 is 2.48 bits per heavy atom. The first kappa shape index (κ1) is 17.3. The number of aliphatic imine (C=N–C) groups is 1. The van der Waals surface area contributed by atoms with Crippen molar-refractivity contribution in [1.82, 2.24) is 9.61 Å². The molecular formula is C19H14F4N4. The van der Waals surface area contributed by atoms with Crippen LogP contribution in [-0.2, 0) is 6.18 Å². The standard InChI is InChI=1S/C19H14F4N4/c1-12-17(16-4-2-3-9-27(16)25-12)18-24-10-14(20)11-26(18)15-7-5-13(6-8-15)19(21,22)23/h2-11,18H,1H3. The zero-order valence-corrected chi connectivity index (χ0v) is 14.2. The van der Waals surface area contributed by atoms with Crippen LogP contribution in [0.4, 0.5) is 23.2 Å². The number of benzene rings is 1. The van der Waals surface area contributed by atoms with Gasteiger partial charge in [-0.3, -0.25) is 4.99 Å². The minimum absolute atomic E-state index is 0.398. The Balaban J connectivity index is 1.80. The van der Waals surface area contributed by atoms with Gasteiger partial charge in [0, 0.05) is 23.6 Å². The molecule has 0 N–H and O–H groups in total. The number of nitrogens with zero attached hydrogens (tertiary/aromatic N) is 4. The maximum atomic E-state index is 13.9. The van der Waals surface area contributed by atoms with Crippen molar-refractivity contribution in [2.24, 2.45) is 4.99 Å². The molecule has 0 fully saturated rings. The Hall–Kier alpha value is -3.16. The first-order valence-corrected chi connectivity index (χ1v) is 8.14. The van der Waals surface area contributed by atoms with Crippen molar-refractivity contribution in [2.45, 2.75) is 19.3 Å². The molecule has 2 aromatic heterocycles. The Kier molecular flexibility index (Phi) is 3.98. The van der Waals surface area contributed by atoms with Crippen molar-refractivity contribution in [2.75, 3.05) is 4.90 Å². The third kappa shape index (κ3) is 3.07. The first-order chi connectivity index (χ1) is 12.8. The van der Waals surface area contributed by atoms with Gasteiger partial charge in [-0.1, -0.05) is 6.07 Å². The average molecular weight is 374 g/mol. The van der Waals surface area contributed by atoms with Gasteiger partial charge in [-0.05, 0) is 43.3 Å². The maximum absolute atomic E-state index is 13.9. The minimum atomic E-state index is -4.43. The van der Waals surface area contributed by atoms with Gasteiger partial charge in [0.2, 0.25) is 0 Å². The molecule has 8 heteroatoms. The number of pyridine rings is 1. The van der Waals surface area contributed by atoms with Crippen molar-refractivity contribution in [1.29, 1.82) is 0 Å². The van der Waals surface area contributed by atoms with Gasteiger partial charge < -0.3 is 4.90 Å². The van der Waals surface area contributed by atoms with E-state index in [9.17, 15) is 17.6 Å². The molecule has 0 bridgehead atoms. The number of halogens is 4. The van der Waals surface area contributed by atoms with Crippen LogP contribution in [0.25, 0.3) is 5.52 Å². The van der Waals surface area contributed by atoms with E-state index in [2.05, 4.69) is 10.1 Å². The number of hydrogen-bond acceptors (Lipinski definition) is 3. The smallest absolute Gasteiger partial charge is 0.318 e. The molecule has 0 amide bonds. The third-order valence-corrected chi connectivity index (χ3v) is 4.38. The van der Waals surface area contributed by atoms with Crippen LogP contribution in [0.3, 0.4) is 0 Å². The largest absolute Gasteiger partial charge is 0.416 e. The summed E-state index contributed by atoms with van der Waals surface area (Å²) in [5.41, 5.74) is 1.89. The molecule has 0 aliphatic carbocycles. The van der Waals surface area contributed by atoms with Gasteiger partial charge in [0.15, 0.2) is 12.0 Å². The molecule has 138 valence electrons. The zero-order chi connectivity index (χ0) is 19.2. The fourth-order valence-corrected chi connectivity index (χ4v) is 3.16. The second-order valence-electron chi connectivity index (χ2n) is 6.15. The Labute approximate surface area is 152 Å². The van der Waals surface area contributed by atoms with Crippen molar-refractivity contribution < 1.29 is 17.6 Å². The predicted octanol–water partition coefficient (Wildman–Crippen LogP) is 5.06. The summed E-state index contributed by atoms with van der Waals surface area (Å²) in [6, 6.07) is 10.1. The van der Waals surface area contributed by atoms with Gasteiger partial charge in [-0.2, -0.15) is 18.3 Å². The lowest BCUT2D eigenvalue weighted by Gasteiger charge is -2.30. The number of alkyl halides is 3. The molecule has 3 aromatic rings. The highest BCUT2D eigenvalue weighted by Crippen LogP contribution is 2.37. The molecule has 3 heterocycles. The van der Waals surface area contributed by atoms with Crippen LogP contribution in [0.15, 0.2) is 65.7 Å². The van der Waals surface area contributed by atoms with Gasteiger partial charge in [0.05, 0.1) is 23.0 Å². The van der Waals surface area contributed by atoms with Crippen LogP contribution >= 0.6 is 0 Å². The lowest BCUT2D eigenvalue weighted by Crippen LogP contribution is -2.25. The molecule has 0 saturated heterocycles. The summed E-state index contributed by atoms with van der Waals surface area (Å²) < 4.78 is 54.1. The van der Waals surface area contributed by atoms with Crippen molar-refractivity contribution >= 4 is 17.4 Å². The van der Waals surface area contributed by atoms with E-state index in [-0.39, 0.29) is 0 Å². The summed E-state index contributed by atoms with van der Waals surface area (Å²) in [7, 11) is 0. The molecule has 1 atom stereocenters. The molecule has 27 heavy (non-hydrogen) atoms. The van der Waals surface area contributed by atoms with Crippen LogP contribution in [0, 0.1) is 6.92 Å². The van der Waals surface area contributed by atoms with Crippen LogP contribution in [-0.4, -0.2) is 15.8 Å². The van der Waals surface area contributed by atoms with Gasteiger partial charge in [-0.15, -0.1) is 0 Å². The zero-order valence-electron chi connectivity index (χ0n) is 14.2. The summed E-state index contributed by atoms with van der Waals surface area (Å²) >= 11 is 0. The van der Waals surface area contributed by atoms with Crippen molar-refractivity contribution in [3.63, 3.8) is 0 Å². The Bertz CT molecular complexity index is 1050. The van der Waals surface area contributed by atoms with Gasteiger partial charge >= 0.3 is 6.18 Å². The fraction of sp³-hybridized carbons (Fsp3) is 0.158. The third-order valence-electron chi connectivity index (χ3n) is 4.38. The summed E-state index contributed by atoms with van der Waals surface area (Å²) in [5.74, 6) is -0.583. The number of aromatic nitrogens is 2. The van der Waals surface area contributed by atoms with Crippen molar-refractivity contribution in [3.05, 3.63) is 77.5 Å². The van der Waals surface area contributed by atoms with Crippen molar-refractivity contribution in [3.8, 4) is 0 Å². The van der Waals surface area contributed by atoms with Gasteiger partial charge in [0.25, 0.3) is 0 Å². The van der Waals surface area contributed by atoms with E-state index < -0.39 is 23.7 Å². The molecule has 4 nitrogen and oxygen atoms in total. The second-order valence-corrected chi connectivity index (χ2v) is 6.15. The molecule has 1 unspecified atom stereocenters. The predicted molar refractivity (Wildman–Crippen MR) is 94.3 cm³/mol. The number of allylic oxidation sites excluding steroid dienone is 1. The summed E-state index contributed by atoms with van der Waals surface area (Å²) in [4.78, 5) is 5.78. The highest BCUT2D eigenvalue weighted by atomic mass is 19.4. The van der Waals surface area contributed by atoms with E-state index in [0.717, 1.165) is 29.4 Å². The highest BCUT2D eigenvalue weighted by molar-refractivity contribution is 5.80. The molecule has 0 spiro atoms. The number of fused-ring (bicyclic) bond motifs is 1. The molecule has 0 radical (unpaired) electrons. The van der Waals surface area contributed by atoms with E-state index in [4.69, 9.17) is 0 Å². The Morgan fingerprint density at radius 1 is 1.04 bits per heavy atom. The molecule has 4 rings (SSSR count). The molecule has 1 aliphatic heterocycles. The van der Waals surface area contributed by atoms with Crippen LogP contribution in [0.1, 0.15) is 23.0 Å². The molecule has 1 aromatic carbocycles. The summed E-state index contributed by atoms with van der Waals surface area (Å²) in [6.07, 6.45) is -0.945. The van der Waals surface area contributed by atoms with E-state index in [1.807, 2.05) is 25.1 Å². The normalized spacial score (nSPS) is 17.4. The van der Waals surface area contributed by atoms with E-state index in [0.29, 0.717) is 11.4 Å². The SMILES string of the molecule is Cc1nn2ccccc2c1C1N=CC(F)=CN1c1ccc(C(F)(F)F)cc1. The monoisotopic (exact) mass is 374 g/mol. The quantitative estimate of drug-likeness (QED) is 0.587.